The number of aromatic nitrogens is 4. The second-order valence-electron chi connectivity index (χ2n) is 4.45. The van der Waals surface area contributed by atoms with Gasteiger partial charge in [0.15, 0.2) is 0 Å². The van der Waals surface area contributed by atoms with E-state index >= 15 is 0 Å². The van der Waals surface area contributed by atoms with Gasteiger partial charge in [-0.25, -0.2) is 4.68 Å². The predicted octanol–water partition coefficient (Wildman–Crippen LogP) is 1.79. The molecule has 0 saturated carbocycles. The molecule has 1 N–H and O–H groups in total. The first-order chi connectivity index (χ1) is 9.25. The number of hydrogen-bond acceptors (Lipinski definition) is 5. The monoisotopic (exact) mass is 277 g/mol. The minimum Gasteiger partial charge on any atom is -0.313 e. The first kappa shape index (κ1) is 14.0. The summed E-state index contributed by atoms with van der Waals surface area (Å²) in [6.07, 6.45) is 1.10. The van der Waals surface area contributed by atoms with Crippen LogP contribution in [0.5, 0.6) is 0 Å². The Morgan fingerprint density at radius 1 is 1.26 bits per heavy atom. The maximum atomic E-state index is 3.93. The van der Waals surface area contributed by atoms with E-state index in [-0.39, 0.29) is 0 Å². The molecule has 102 valence electrons. The Balaban J connectivity index is 1.57. The van der Waals surface area contributed by atoms with E-state index in [1.807, 2.05) is 7.05 Å². The minimum absolute atomic E-state index is 0.874. The molecule has 0 spiro atoms. The summed E-state index contributed by atoms with van der Waals surface area (Å²) in [5.41, 5.74) is 2.63. The fourth-order valence-electron chi connectivity index (χ4n) is 1.64. The number of thioether (sulfide) groups is 1. The average molecular weight is 277 g/mol. The van der Waals surface area contributed by atoms with Crippen molar-refractivity contribution in [1.29, 1.82) is 0 Å². The van der Waals surface area contributed by atoms with Gasteiger partial charge in [0, 0.05) is 19.3 Å². The minimum atomic E-state index is 0.874. The summed E-state index contributed by atoms with van der Waals surface area (Å²) < 4.78 is 1.70. The topological polar surface area (TPSA) is 55.6 Å². The number of nitrogens with one attached hydrogen (secondary N) is 1. The van der Waals surface area contributed by atoms with Gasteiger partial charge in [-0.1, -0.05) is 41.6 Å². The number of tetrazole rings is 1. The van der Waals surface area contributed by atoms with Crippen LogP contribution in [0.1, 0.15) is 17.5 Å². The molecule has 1 aromatic carbocycles. The summed E-state index contributed by atoms with van der Waals surface area (Å²) in [7, 11) is 1.86. The van der Waals surface area contributed by atoms with Gasteiger partial charge < -0.3 is 5.32 Å². The Bertz CT molecular complexity index is 494. The first-order valence-electron chi connectivity index (χ1n) is 6.37. The number of nitrogens with zero attached hydrogens (tertiary/aromatic N) is 4. The Morgan fingerprint density at radius 2 is 2.05 bits per heavy atom. The van der Waals surface area contributed by atoms with Gasteiger partial charge in [0.05, 0.1) is 0 Å². The molecule has 0 aliphatic carbocycles. The van der Waals surface area contributed by atoms with Crippen LogP contribution in [-0.4, -0.2) is 32.5 Å². The standard InChI is InChI=1S/C13H19N5S/c1-11-4-6-12(7-5-11)10-14-8-3-9-19-13-15-16-17-18(13)2/h4-7,14H,3,8-10H2,1-2H3. The first-order valence-corrected chi connectivity index (χ1v) is 7.35. The van der Waals surface area contributed by atoms with Crippen LogP contribution < -0.4 is 5.32 Å². The van der Waals surface area contributed by atoms with Crippen molar-refractivity contribution in [2.24, 2.45) is 7.05 Å². The summed E-state index contributed by atoms with van der Waals surface area (Å²) in [4.78, 5) is 0. The van der Waals surface area contributed by atoms with Crippen LogP contribution in [-0.2, 0) is 13.6 Å². The molecular formula is C13H19N5S. The molecule has 5 nitrogen and oxygen atoms in total. The third kappa shape index (κ3) is 4.65. The van der Waals surface area contributed by atoms with E-state index < -0.39 is 0 Å². The maximum absolute atomic E-state index is 3.93. The lowest BCUT2D eigenvalue weighted by Crippen LogP contribution is -2.15. The zero-order valence-corrected chi connectivity index (χ0v) is 12.2. The zero-order valence-electron chi connectivity index (χ0n) is 11.3. The van der Waals surface area contributed by atoms with E-state index in [1.165, 1.54) is 11.1 Å². The quantitative estimate of drug-likeness (QED) is 0.617. The third-order valence-corrected chi connectivity index (χ3v) is 3.86. The Labute approximate surface area is 117 Å². The smallest absolute Gasteiger partial charge is 0.209 e. The Kier molecular flexibility index (Phi) is 5.35. The highest BCUT2D eigenvalue weighted by Crippen LogP contribution is 2.12. The molecule has 0 unspecified atom stereocenters. The fourth-order valence-corrected chi connectivity index (χ4v) is 2.43. The molecule has 0 fully saturated rings. The molecule has 19 heavy (non-hydrogen) atoms. The van der Waals surface area contributed by atoms with Crippen LogP contribution in [0.15, 0.2) is 29.4 Å². The number of hydrogen-bond donors (Lipinski definition) is 1. The molecule has 0 radical (unpaired) electrons. The van der Waals surface area contributed by atoms with E-state index in [9.17, 15) is 0 Å². The highest BCUT2D eigenvalue weighted by Gasteiger charge is 2.01. The molecule has 2 aromatic rings. The zero-order chi connectivity index (χ0) is 13.5. The van der Waals surface area contributed by atoms with Gasteiger partial charge in [0.1, 0.15) is 0 Å². The normalized spacial score (nSPS) is 10.8. The molecule has 0 aliphatic heterocycles. The van der Waals surface area contributed by atoms with Crippen LogP contribution >= 0.6 is 11.8 Å². The van der Waals surface area contributed by atoms with Crippen LogP contribution in [0, 0.1) is 6.92 Å². The van der Waals surface area contributed by atoms with E-state index in [2.05, 4.69) is 52.0 Å². The Hall–Kier alpha value is -1.40. The van der Waals surface area contributed by atoms with Crippen LogP contribution in [0.25, 0.3) is 0 Å². The van der Waals surface area contributed by atoms with E-state index in [1.54, 1.807) is 16.4 Å². The molecule has 0 bridgehead atoms. The van der Waals surface area contributed by atoms with E-state index in [0.717, 1.165) is 30.4 Å². The van der Waals surface area contributed by atoms with Crippen LogP contribution in [0.4, 0.5) is 0 Å². The van der Waals surface area contributed by atoms with Crippen molar-refractivity contribution in [3.8, 4) is 0 Å². The summed E-state index contributed by atoms with van der Waals surface area (Å²) in [5, 5.41) is 15.7. The van der Waals surface area contributed by atoms with Gasteiger partial charge in [-0.15, -0.1) is 5.10 Å². The molecule has 1 heterocycles. The lowest BCUT2D eigenvalue weighted by molar-refractivity contribution is 0.661. The SMILES string of the molecule is Cc1ccc(CNCCCSc2nnnn2C)cc1. The van der Waals surface area contributed by atoms with Gasteiger partial charge in [-0.05, 0) is 35.9 Å². The van der Waals surface area contributed by atoms with Gasteiger partial charge in [0.25, 0.3) is 0 Å². The largest absolute Gasteiger partial charge is 0.313 e. The van der Waals surface area contributed by atoms with Crippen molar-refractivity contribution in [3.63, 3.8) is 0 Å². The maximum Gasteiger partial charge on any atom is 0.209 e. The molecule has 0 aliphatic rings. The molecule has 0 atom stereocenters. The average Bonchev–Trinajstić information content (AvgIpc) is 2.81. The second kappa shape index (κ2) is 7.25. The van der Waals surface area contributed by atoms with Crippen LogP contribution in [0.2, 0.25) is 0 Å². The van der Waals surface area contributed by atoms with Crippen molar-refractivity contribution in [1.82, 2.24) is 25.5 Å². The van der Waals surface area contributed by atoms with Crippen molar-refractivity contribution in [3.05, 3.63) is 35.4 Å². The third-order valence-electron chi connectivity index (χ3n) is 2.76. The van der Waals surface area contributed by atoms with Gasteiger partial charge in [-0.2, -0.15) is 0 Å². The van der Waals surface area contributed by atoms with Crippen molar-refractivity contribution in [2.45, 2.75) is 25.0 Å². The summed E-state index contributed by atoms with van der Waals surface area (Å²) >= 11 is 1.69. The predicted molar refractivity (Wildman–Crippen MR) is 77.0 cm³/mol. The number of aryl methyl sites for hydroxylation is 2. The van der Waals surface area contributed by atoms with E-state index in [0.29, 0.717) is 0 Å². The van der Waals surface area contributed by atoms with Crippen molar-refractivity contribution >= 4 is 11.8 Å². The molecule has 2 rings (SSSR count). The second-order valence-corrected chi connectivity index (χ2v) is 5.51. The van der Waals surface area contributed by atoms with Gasteiger partial charge >= 0.3 is 0 Å². The van der Waals surface area contributed by atoms with Crippen LogP contribution in [0.3, 0.4) is 0 Å². The molecule has 6 heteroatoms. The summed E-state index contributed by atoms with van der Waals surface area (Å²) in [6, 6.07) is 8.63. The summed E-state index contributed by atoms with van der Waals surface area (Å²) in [6.45, 7) is 4.04. The van der Waals surface area contributed by atoms with Gasteiger partial charge in [-0.3, -0.25) is 0 Å². The van der Waals surface area contributed by atoms with Crippen molar-refractivity contribution < 1.29 is 0 Å². The summed E-state index contributed by atoms with van der Waals surface area (Å²) in [5.74, 6) is 1.02. The van der Waals surface area contributed by atoms with Crippen molar-refractivity contribution in [2.75, 3.05) is 12.3 Å². The van der Waals surface area contributed by atoms with E-state index in [4.69, 9.17) is 0 Å². The molecular weight excluding hydrogens is 258 g/mol. The Morgan fingerprint density at radius 3 is 2.74 bits per heavy atom. The molecule has 0 amide bonds. The molecule has 1 aromatic heterocycles. The molecule has 0 saturated heterocycles. The van der Waals surface area contributed by atoms with Gasteiger partial charge in [0.2, 0.25) is 5.16 Å². The highest BCUT2D eigenvalue weighted by molar-refractivity contribution is 7.99. The highest BCUT2D eigenvalue weighted by atomic mass is 32.2. The lowest BCUT2D eigenvalue weighted by Gasteiger charge is -2.05. The number of rotatable bonds is 7. The fraction of sp³-hybridized carbons (Fsp3) is 0.462. The lowest BCUT2D eigenvalue weighted by atomic mass is 10.1. The number of benzene rings is 1.